The topological polar surface area (TPSA) is 66.1 Å². The smallest absolute Gasteiger partial charge is 0.258 e. The highest BCUT2D eigenvalue weighted by Crippen LogP contribution is 2.19. The number of hydrogen-bond donors (Lipinski definition) is 1. The number of nitrogens with zero attached hydrogens (tertiary/aromatic N) is 2. The Balaban J connectivity index is 1.97. The molecule has 27 heavy (non-hydrogen) atoms. The van der Waals surface area contributed by atoms with Gasteiger partial charge in [0.05, 0.1) is 23.0 Å². The summed E-state index contributed by atoms with van der Waals surface area (Å²) < 4.78 is 14.7. The molecule has 1 amide bonds. The zero-order valence-electron chi connectivity index (χ0n) is 14.4. The Labute approximate surface area is 168 Å². The number of halogens is 3. The van der Waals surface area contributed by atoms with Crippen LogP contribution >= 0.6 is 27.5 Å². The van der Waals surface area contributed by atoms with Gasteiger partial charge in [-0.05, 0) is 42.8 Å². The van der Waals surface area contributed by atoms with Crippen molar-refractivity contribution in [3.05, 3.63) is 73.5 Å². The molecule has 0 saturated heterocycles. The number of benzene rings is 2. The van der Waals surface area contributed by atoms with Crippen LogP contribution < -0.4 is 5.56 Å². The van der Waals surface area contributed by atoms with Crippen LogP contribution in [0.2, 0.25) is 5.02 Å². The van der Waals surface area contributed by atoms with Crippen molar-refractivity contribution in [3.63, 3.8) is 0 Å². The molecule has 8 heteroatoms. The van der Waals surface area contributed by atoms with Crippen LogP contribution in [0, 0.1) is 5.82 Å². The van der Waals surface area contributed by atoms with Crippen molar-refractivity contribution in [3.8, 4) is 0 Å². The van der Waals surface area contributed by atoms with Gasteiger partial charge in [-0.1, -0.05) is 34.5 Å². The maximum absolute atomic E-state index is 14.1. The van der Waals surface area contributed by atoms with Crippen LogP contribution in [-0.2, 0) is 6.54 Å². The molecule has 0 fully saturated rings. The summed E-state index contributed by atoms with van der Waals surface area (Å²) in [7, 11) is 0. The zero-order chi connectivity index (χ0) is 19.6. The van der Waals surface area contributed by atoms with E-state index in [1.165, 1.54) is 23.1 Å². The van der Waals surface area contributed by atoms with E-state index in [9.17, 15) is 14.0 Å². The van der Waals surface area contributed by atoms with Crippen molar-refractivity contribution in [1.82, 2.24) is 14.9 Å². The van der Waals surface area contributed by atoms with Crippen LogP contribution in [0.3, 0.4) is 0 Å². The van der Waals surface area contributed by atoms with Gasteiger partial charge in [-0.15, -0.1) is 0 Å². The summed E-state index contributed by atoms with van der Waals surface area (Å²) in [6.07, 6.45) is 0.672. The Hall–Kier alpha value is -2.25. The van der Waals surface area contributed by atoms with E-state index in [2.05, 4.69) is 25.9 Å². The van der Waals surface area contributed by atoms with E-state index >= 15 is 0 Å². The minimum atomic E-state index is -0.601. The molecule has 0 aliphatic heterocycles. The fourth-order valence-electron chi connectivity index (χ4n) is 2.77. The fourth-order valence-corrected chi connectivity index (χ4v) is 3.30. The second kappa shape index (κ2) is 8.19. The van der Waals surface area contributed by atoms with Crippen LogP contribution in [0.4, 0.5) is 4.39 Å². The molecule has 0 bridgehead atoms. The SMILES string of the molecule is CCCN(Cc1nc2cc(Cl)ccc2c(=O)[nH]1)C(=O)c1cc(Br)ccc1F. The molecule has 0 atom stereocenters. The van der Waals surface area contributed by atoms with Crippen molar-refractivity contribution in [2.45, 2.75) is 19.9 Å². The van der Waals surface area contributed by atoms with Crippen molar-refractivity contribution in [2.24, 2.45) is 0 Å². The first-order chi connectivity index (χ1) is 12.9. The second-order valence-electron chi connectivity index (χ2n) is 6.02. The van der Waals surface area contributed by atoms with Gasteiger partial charge >= 0.3 is 0 Å². The number of nitrogens with one attached hydrogen (secondary N) is 1. The van der Waals surface area contributed by atoms with E-state index in [4.69, 9.17) is 11.6 Å². The lowest BCUT2D eigenvalue weighted by atomic mass is 10.1. The highest BCUT2D eigenvalue weighted by molar-refractivity contribution is 9.10. The molecule has 0 unspecified atom stereocenters. The van der Waals surface area contributed by atoms with Crippen LogP contribution in [0.15, 0.2) is 45.7 Å². The summed E-state index contributed by atoms with van der Waals surface area (Å²) in [6.45, 7) is 2.35. The number of carbonyl (C=O) groups is 1. The number of H-pyrrole nitrogens is 1. The van der Waals surface area contributed by atoms with E-state index in [-0.39, 0.29) is 17.7 Å². The van der Waals surface area contributed by atoms with Crippen LogP contribution in [0.1, 0.15) is 29.5 Å². The molecular weight excluding hydrogens is 437 g/mol. The molecule has 0 aliphatic rings. The number of fused-ring (bicyclic) bond motifs is 1. The zero-order valence-corrected chi connectivity index (χ0v) is 16.8. The predicted octanol–water partition coefficient (Wildman–Crippen LogP) is 4.53. The molecular formula is C19H16BrClFN3O2. The lowest BCUT2D eigenvalue weighted by molar-refractivity contribution is 0.0734. The number of rotatable bonds is 5. The highest BCUT2D eigenvalue weighted by atomic mass is 79.9. The van der Waals surface area contributed by atoms with Gasteiger partial charge in [-0.3, -0.25) is 9.59 Å². The molecule has 3 rings (SSSR count). The van der Waals surface area contributed by atoms with Crippen LogP contribution in [0.5, 0.6) is 0 Å². The van der Waals surface area contributed by atoms with E-state index < -0.39 is 11.7 Å². The Morgan fingerprint density at radius 3 is 2.81 bits per heavy atom. The van der Waals surface area contributed by atoms with Gasteiger partial charge in [-0.2, -0.15) is 0 Å². The van der Waals surface area contributed by atoms with Gasteiger partial charge in [0.1, 0.15) is 11.6 Å². The van der Waals surface area contributed by atoms with Gasteiger partial charge < -0.3 is 9.88 Å². The minimum absolute atomic E-state index is 0.0380. The van der Waals surface area contributed by atoms with Crippen molar-refractivity contribution < 1.29 is 9.18 Å². The number of carbonyl (C=O) groups excluding carboxylic acids is 1. The molecule has 5 nitrogen and oxygen atoms in total. The van der Waals surface area contributed by atoms with Crippen molar-refractivity contribution in [1.29, 1.82) is 0 Å². The Morgan fingerprint density at radius 1 is 1.30 bits per heavy atom. The molecule has 140 valence electrons. The summed E-state index contributed by atoms with van der Waals surface area (Å²) >= 11 is 9.23. The molecule has 1 heterocycles. The summed E-state index contributed by atoms with van der Waals surface area (Å²) in [4.78, 5) is 33.7. The molecule has 0 saturated carbocycles. The van der Waals surface area contributed by atoms with E-state index in [1.807, 2.05) is 6.92 Å². The van der Waals surface area contributed by atoms with Gasteiger partial charge in [-0.25, -0.2) is 9.37 Å². The summed E-state index contributed by atoms with van der Waals surface area (Å²) in [6, 6.07) is 9.01. The second-order valence-corrected chi connectivity index (χ2v) is 7.38. The van der Waals surface area contributed by atoms with Crippen molar-refractivity contribution in [2.75, 3.05) is 6.54 Å². The maximum atomic E-state index is 14.1. The quantitative estimate of drug-likeness (QED) is 0.618. The Bertz CT molecular complexity index is 1070. The molecule has 1 aromatic heterocycles. The third-order valence-corrected chi connectivity index (χ3v) is 4.73. The standard InChI is InChI=1S/C19H16BrClFN3O2/c1-2-7-25(19(27)14-8-11(20)3-6-15(14)22)10-17-23-16-9-12(21)4-5-13(16)18(26)24-17/h3-6,8-9H,2,7,10H2,1H3,(H,23,24,26). The normalized spacial score (nSPS) is 11.0. The monoisotopic (exact) mass is 451 g/mol. The largest absolute Gasteiger partial charge is 0.331 e. The van der Waals surface area contributed by atoms with Gasteiger partial charge in [0, 0.05) is 16.0 Å². The first kappa shape index (κ1) is 19.5. The molecule has 0 spiro atoms. The average Bonchev–Trinajstić information content (AvgIpc) is 2.62. The van der Waals surface area contributed by atoms with Crippen LogP contribution in [0.25, 0.3) is 10.9 Å². The van der Waals surface area contributed by atoms with Crippen LogP contribution in [-0.4, -0.2) is 27.3 Å². The maximum Gasteiger partial charge on any atom is 0.258 e. The Morgan fingerprint density at radius 2 is 2.07 bits per heavy atom. The number of aromatic amines is 1. The third kappa shape index (κ3) is 4.36. The van der Waals surface area contributed by atoms with Crippen molar-refractivity contribution >= 4 is 44.3 Å². The molecule has 0 aliphatic carbocycles. The highest BCUT2D eigenvalue weighted by Gasteiger charge is 2.20. The molecule has 0 radical (unpaired) electrons. The first-order valence-electron chi connectivity index (χ1n) is 8.32. The van der Waals surface area contributed by atoms with Gasteiger partial charge in [0.15, 0.2) is 0 Å². The number of amides is 1. The minimum Gasteiger partial charge on any atom is -0.331 e. The van der Waals surface area contributed by atoms with E-state index in [0.717, 1.165) is 0 Å². The van der Waals surface area contributed by atoms with E-state index in [1.54, 1.807) is 18.2 Å². The predicted molar refractivity (Wildman–Crippen MR) is 107 cm³/mol. The number of aromatic nitrogens is 2. The number of hydrogen-bond acceptors (Lipinski definition) is 3. The third-order valence-electron chi connectivity index (χ3n) is 4.00. The lowest BCUT2D eigenvalue weighted by Gasteiger charge is -2.22. The lowest BCUT2D eigenvalue weighted by Crippen LogP contribution is -2.33. The summed E-state index contributed by atoms with van der Waals surface area (Å²) in [5.41, 5.74) is 0.0898. The molecule has 2 aromatic carbocycles. The molecule has 1 N–H and O–H groups in total. The molecule has 3 aromatic rings. The summed E-state index contributed by atoms with van der Waals surface area (Å²) in [5.74, 6) is -0.757. The van der Waals surface area contributed by atoms with Gasteiger partial charge in [0.25, 0.3) is 11.5 Å². The fraction of sp³-hybridized carbons (Fsp3) is 0.211. The Kier molecular flexibility index (Phi) is 5.92. The first-order valence-corrected chi connectivity index (χ1v) is 9.49. The average molecular weight is 453 g/mol. The summed E-state index contributed by atoms with van der Waals surface area (Å²) in [5, 5.41) is 0.874. The van der Waals surface area contributed by atoms with E-state index in [0.29, 0.717) is 39.2 Å². The van der Waals surface area contributed by atoms with Gasteiger partial charge in [0.2, 0.25) is 0 Å².